The largest absolute Gasteiger partial charge is 0.416 e. The molecule has 1 aliphatic carbocycles. The van der Waals surface area contributed by atoms with Crippen LogP contribution < -0.4 is 5.32 Å². The molecule has 2 N–H and O–H groups in total. The summed E-state index contributed by atoms with van der Waals surface area (Å²) in [5.41, 5.74) is 0.0390. The van der Waals surface area contributed by atoms with Crippen molar-refractivity contribution in [3.63, 3.8) is 0 Å². The number of hydrogen-bond donors (Lipinski definition) is 2. The zero-order valence-corrected chi connectivity index (χ0v) is 12.5. The van der Waals surface area contributed by atoms with E-state index in [9.17, 15) is 18.0 Å². The van der Waals surface area contributed by atoms with Crippen molar-refractivity contribution in [3.05, 3.63) is 23.8 Å². The monoisotopic (exact) mass is 329 g/mol. The third-order valence-electron chi connectivity index (χ3n) is 3.37. The van der Waals surface area contributed by atoms with Crippen LogP contribution in [0.15, 0.2) is 23.4 Å². The number of imidazole rings is 1. The normalized spacial score (nSPS) is 16.7. The van der Waals surface area contributed by atoms with E-state index in [1.165, 1.54) is 17.8 Å². The standard InChI is InChI=1S/C14H14F3N3OS/c1-7(12(21)18-9-3-4-9)22-13-19-10-5-2-8(14(15,16)17)6-11(10)20-13/h2,5-7,9H,3-4H2,1H3,(H,18,21)(H,19,20)/t7-/m1/s1. The maximum absolute atomic E-state index is 12.7. The van der Waals surface area contributed by atoms with Gasteiger partial charge in [-0.25, -0.2) is 4.98 Å². The minimum Gasteiger partial charge on any atom is -0.352 e. The molecule has 0 bridgehead atoms. The Hall–Kier alpha value is -1.70. The summed E-state index contributed by atoms with van der Waals surface area (Å²) in [7, 11) is 0. The lowest BCUT2D eigenvalue weighted by atomic mass is 10.2. The molecule has 8 heteroatoms. The molecule has 0 saturated heterocycles. The van der Waals surface area contributed by atoms with Crippen LogP contribution in [0.1, 0.15) is 25.3 Å². The van der Waals surface area contributed by atoms with Crippen LogP contribution in [-0.2, 0) is 11.0 Å². The van der Waals surface area contributed by atoms with E-state index in [1.54, 1.807) is 6.92 Å². The second kappa shape index (κ2) is 5.49. The van der Waals surface area contributed by atoms with Gasteiger partial charge in [0.05, 0.1) is 21.8 Å². The van der Waals surface area contributed by atoms with Crippen LogP contribution in [0, 0.1) is 0 Å². The Labute approximate surface area is 128 Å². The number of nitrogens with zero attached hydrogens (tertiary/aromatic N) is 1. The average Bonchev–Trinajstić information content (AvgIpc) is 3.14. The third-order valence-corrected chi connectivity index (χ3v) is 4.35. The molecule has 2 aromatic rings. The molecule has 1 aliphatic rings. The van der Waals surface area contributed by atoms with Gasteiger partial charge in [-0.05, 0) is 38.0 Å². The van der Waals surface area contributed by atoms with Crippen molar-refractivity contribution in [1.82, 2.24) is 15.3 Å². The summed E-state index contributed by atoms with van der Waals surface area (Å²) in [5.74, 6) is -0.0797. The van der Waals surface area contributed by atoms with Gasteiger partial charge in [0.2, 0.25) is 5.91 Å². The van der Waals surface area contributed by atoms with E-state index < -0.39 is 11.7 Å². The quantitative estimate of drug-likeness (QED) is 0.846. The number of carbonyl (C=O) groups excluding carboxylic acids is 1. The maximum atomic E-state index is 12.7. The second-order valence-electron chi connectivity index (χ2n) is 5.31. The number of thioether (sulfide) groups is 1. The van der Waals surface area contributed by atoms with E-state index in [4.69, 9.17) is 0 Å². The highest BCUT2D eigenvalue weighted by atomic mass is 32.2. The molecule has 1 atom stereocenters. The summed E-state index contributed by atoms with van der Waals surface area (Å²) in [6.45, 7) is 1.75. The number of halogens is 3. The Bertz CT molecular complexity index is 709. The van der Waals surface area contributed by atoms with Gasteiger partial charge in [-0.1, -0.05) is 11.8 Å². The molecule has 1 heterocycles. The number of benzene rings is 1. The van der Waals surface area contributed by atoms with Crippen molar-refractivity contribution in [2.45, 2.75) is 42.4 Å². The Kier molecular flexibility index (Phi) is 3.80. The zero-order chi connectivity index (χ0) is 15.9. The molecule has 118 valence electrons. The average molecular weight is 329 g/mol. The van der Waals surface area contributed by atoms with Crippen molar-refractivity contribution < 1.29 is 18.0 Å². The highest BCUT2D eigenvalue weighted by Crippen LogP contribution is 2.32. The first kappa shape index (κ1) is 15.2. The Morgan fingerprint density at radius 1 is 1.45 bits per heavy atom. The summed E-state index contributed by atoms with van der Waals surface area (Å²) < 4.78 is 38.0. The lowest BCUT2D eigenvalue weighted by molar-refractivity contribution is -0.137. The fraction of sp³-hybridized carbons (Fsp3) is 0.429. The molecule has 4 nitrogen and oxygen atoms in total. The van der Waals surface area contributed by atoms with Gasteiger partial charge in [0.15, 0.2) is 5.16 Å². The zero-order valence-electron chi connectivity index (χ0n) is 11.7. The smallest absolute Gasteiger partial charge is 0.352 e. The van der Waals surface area contributed by atoms with Crippen LogP contribution in [0.5, 0.6) is 0 Å². The number of aromatic amines is 1. The number of rotatable bonds is 4. The Morgan fingerprint density at radius 3 is 2.82 bits per heavy atom. The number of nitrogens with one attached hydrogen (secondary N) is 2. The van der Waals surface area contributed by atoms with Crippen molar-refractivity contribution in [3.8, 4) is 0 Å². The van der Waals surface area contributed by atoms with Gasteiger partial charge in [0.1, 0.15) is 0 Å². The van der Waals surface area contributed by atoms with Crippen molar-refractivity contribution >= 4 is 28.7 Å². The molecule has 22 heavy (non-hydrogen) atoms. The van der Waals surface area contributed by atoms with E-state index in [-0.39, 0.29) is 17.2 Å². The summed E-state index contributed by atoms with van der Waals surface area (Å²) in [5, 5.41) is 2.97. The van der Waals surface area contributed by atoms with Crippen LogP contribution in [0.25, 0.3) is 11.0 Å². The number of hydrogen-bond acceptors (Lipinski definition) is 3. The third kappa shape index (κ3) is 3.37. The molecule has 1 aromatic heterocycles. The van der Waals surface area contributed by atoms with E-state index >= 15 is 0 Å². The predicted molar refractivity (Wildman–Crippen MR) is 77.6 cm³/mol. The molecule has 0 spiro atoms. The van der Waals surface area contributed by atoms with E-state index in [2.05, 4.69) is 15.3 Å². The van der Waals surface area contributed by atoms with Gasteiger partial charge in [-0.15, -0.1) is 0 Å². The molecule has 1 amide bonds. The van der Waals surface area contributed by atoms with Gasteiger partial charge in [0, 0.05) is 6.04 Å². The van der Waals surface area contributed by atoms with Crippen LogP contribution in [0.4, 0.5) is 13.2 Å². The van der Waals surface area contributed by atoms with Gasteiger partial charge in [0.25, 0.3) is 0 Å². The molecule has 0 aliphatic heterocycles. The lowest BCUT2D eigenvalue weighted by Crippen LogP contribution is -2.32. The number of aromatic nitrogens is 2. The minimum absolute atomic E-state index is 0.0797. The maximum Gasteiger partial charge on any atom is 0.416 e. The van der Waals surface area contributed by atoms with Crippen molar-refractivity contribution in [1.29, 1.82) is 0 Å². The predicted octanol–water partition coefficient (Wildman–Crippen LogP) is 3.34. The van der Waals surface area contributed by atoms with Gasteiger partial charge >= 0.3 is 6.18 Å². The molecular weight excluding hydrogens is 315 g/mol. The Morgan fingerprint density at radius 2 is 2.18 bits per heavy atom. The van der Waals surface area contributed by atoms with Crippen LogP contribution in [0.3, 0.4) is 0 Å². The lowest BCUT2D eigenvalue weighted by Gasteiger charge is -2.09. The van der Waals surface area contributed by atoms with Crippen molar-refractivity contribution in [2.24, 2.45) is 0 Å². The number of fused-ring (bicyclic) bond motifs is 1. The topological polar surface area (TPSA) is 57.8 Å². The van der Waals surface area contributed by atoms with Gasteiger partial charge in [-0.3, -0.25) is 4.79 Å². The van der Waals surface area contributed by atoms with Crippen LogP contribution >= 0.6 is 11.8 Å². The number of H-pyrrole nitrogens is 1. The van der Waals surface area contributed by atoms with Gasteiger partial charge in [-0.2, -0.15) is 13.2 Å². The first-order chi connectivity index (χ1) is 10.3. The molecular formula is C14H14F3N3OS. The van der Waals surface area contributed by atoms with Crippen LogP contribution in [0.2, 0.25) is 0 Å². The Balaban J connectivity index is 1.75. The summed E-state index contributed by atoms with van der Waals surface area (Å²) in [6, 6.07) is 3.64. The van der Waals surface area contributed by atoms with E-state index in [0.29, 0.717) is 16.2 Å². The van der Waals surface area contributed by atoms with Gasteiger partial charge < -0.3 is 10.3 Å². The highest BCUT2D eigenvalue weighted by molar-refractivity contribution is 8.00. The summed E-state index contributed by atoms with van der Waals surface area (Å²) >= 11 is 1.20. The SMILES string of the molecule is C[C@@H](Sc1nc2ccc(C(F)(F)F)cc2[nH]1)C(=O)NC1CC1. The highest BCUT2D eigenvalue weighted by Gasteiger charge is 2.31. The van der Waals surface area contributed by atoms with E-state index in [0.717, 1.165) is 25.0 Å². The number of alkyl halides is 3. The van der Waals surface area contributed by atoms with Crippen molar-refractivity contribution in [2.75, 3.05) is 0 Å². The first-order valence-electron chi connectivity index (χ1n) is 6.87. The minimum atomic E-state index is -4.38. The molecule has 0 unspecified atom stereocenters. The second-order valence-corrected chi connectivity index (χ2v) is 6.64. The number of carbonyl (C=O) groups is 1. The van der Waals surface area contributed by atoms with Crippen LogP contribution in [-0.4, -0.2) is 27.2 Å². The number of amides is 1. The molecule has 1 saturated carbocycles. The first-order valence-corrected chi connectivity index (χ1v) is 7.75. The molecule has 0 radical (unpaired) electrons. The fourth-order valence-electron chi connectivity index (χ4n) is 1.99. The summed E-state index contributed by atoms with van der Waals surface area (Å²) in [6.07, 6.45) is -2.37. The molecule has 1 fully saturated rings. The molecule has 1 aromatic carbocycles. The van der Waals surface area contributed by atoms with E-state index in [1.807, 2.05) is 0 Å². The fourth-order valence-corrected chi connectivity index (χ4v) is 2.82. The summed E-state index contributed by atoms with van der Waals surface area (Å²) in [4.78, 5) is 18.9. The molecule has 3 rings (SSSR count).